The molecule has 1 aromatic carbocycles. The van der Waals surface area contributed by atoms with Crippen molar-refractivity contribution in [2.75, 3.05) is 44.3 Å². The van der Waals surface area contributed by atoms with E-state index in [1.165, 1.54) is 0 Å². The normalized spacial score (nSPS) is 17.9. The minimum atomic E-state index is -0.689. The van der Waals surface area contributed by atoms with E-state index in [0.29, 0.717) is 50.6 Å². The van der Waals surface area contributed by atoms with Crippen LogP contribution in [-0.2, 0) is 24.5 Å². The van der Waals surface area contributed by atoms with E-state index in [9.17, 15) is 9.59 Å². The lowest BCUT2D eigenvalue weighted by atomic mass is 9.76. The van der Waals surface area contributed by atoms with Gasteiger partial charge in [-0.2, -0.15) is 0 Å². The summed E-state index contributed by atoms with van der Waals surface area (Å²) < 4.78 is 10.8. The highest BCUT2D eigenvalue weighted by molar-refractivity contribution is 6.08. The van der Waals surface area contributed by atoms with Crippen molar-refractivity contribution < 1.29 is 19.1 Å². The number of Topliss-reactive ketones (excluding diaryl/α,β-unsaturated/α-hetero) is 1. The molecule has 0 spiro atoms. The molecule has 1 aliphatic carbocycles. The zero-order valence-electron chi connectivity index (χ0n) is 19.8. The maximum Gasteiger partial charge on any atom is 0.237 e. The van der Waals surface area contributed by atoms with Crippen molar-refractivity contribution in [2.45, 2.75) is 57.8 Å². The van der Waals surface area contributed by atoms with Crippen LogP contribution in [0.4, 0.5) is 11.4 Å². The molecule has 2 N–H and O–H groups in total. The number of ether oxygens (including phenoxy) is 2. The first-order valence-corrected chi connectivity index (χ1v) is 11.6. The standard InChI is InChI=1S/C25H37N3O4/c1-18(2)17-28-22-11-10-19(26-27-21-8-6-5-7-9-23(21)29)16-20(22)25(24(28)30,12-14-31-3)13-15-32-4/h8,10-11,16,18,26-27H,5-7,9,12-15,17H2,1-4H3. The van der Waals surface area contributed by atoms with E-state index in [0.717, 1.165) is 36.2 Å². The van der Waals surface area contributed by atoms with E-state index in [1.54, 1.807) is 14.2 Å². The minimum Gasteiger partial charge on any atom is -0.385 e. The highest BCUT2D eigenvalue weighted by atomic mass is 16.5. The molecule has 1 heterocycles. The van der Waals surface area contributed by atoms with Crippen LogP contribution in [0.25, 0.3) is 0 Å². The maximum atomic E-state index is 13.8. The molecule has 3 rings (SSSR count). The number of benzene rings is 1. The Labute approximate surface area is 191 Å². The van der Waals surface area contributed by atoms with E-state index in [4.69, 9.17) is 9.47 Å². The fourth-order valence-corrected chi connectivity index (χ4v) is 4.61. The highest BCUT2D eigenvalue weighted by Gasteiger charge is 2.50. The summed E-state index contributed by atoms with van der Waals surface area (Å²) in [5.41, 5.74) is 8.98. The van der Waals surface area contributed by atoms with Crippen LogP contribution in [0, 0.1) is 5.92 Å². The Balaban J connectivity index is 1.93. The van der Waals surface area contributed by atoms with Gasteiger partial charge in [0.1, 0.15) is 0 Å². The second-order valence-corrected chi connectivity index (χ2v) is 9.15. The number of fused-ring (bicyclic) bond motifs is 1. The number of nitrogens with zero attached hydrogens (tertiary/aromatic N) is 1. The van der Waals surface area contributed by atoms with Crippen molar-refractivity contribution in [3.8, 4) is 0 Å². The predicted octanol–water partition coefficient (Wildman–Crippen LogP) is 3.94. The molecular formula is C25H37N3O4. The monoisotopic (exact) mass is 443 g/mol. The van der Waals surface area contributed by atoms with Gasteiger partial charge in [-0.3, -0.25) is 15.0 Å². The Morgan fingerprint density at radius 2 is 1.78 bits per heavy atom. The summed E-state index contributed by atoms with van der Waals surface area (Å²) in [5, 5.41) is 0. The minimum absolute atomic E-state index is 0.113. The van der Waals surface area contributed by atoms with Crippen LogP contribution in [-0.4, -0.2) is 45.7 Å². The number of anilines is 2. The zero-order chi connectivity index (χ0) is 23.1. The number of hydrogen-bond donors (Lipinski definition) is 2. The summed E-state index contributed by atoms with van der Waals surface area (Å²) in [4.78, 5) is 28.0. The Kier molecular flexibility index (Phi) is 8.32. The van der Waals surface area contributed by atoms with E-state index in [1.807, 2.05) is 29.2 Å². The van der Waals surface area contributed by atoms with Crippen LogP contribution in [0.2, 0.25) is 0 Å². The molecule has 32 heavy (non-hydrogen) atoms. The molecule has 1 amide bonds. The summed E-state index contributed by atoms with van der Waals surface area (Å²) in [7, 11) is 3.32. The summed E-state index contributed by atoms with van der Waals surface area (Å²) in [6, 6.07) is 5.99. The Morgan fingerprint density at radius 1 is 1.06 bits per heavy atom. The van der Waals surface area contributed by atoms with Crippen molar-refractivity contribution in [3.05, 3.63) is 35.5 Å². The van der Waals surface area contributed by atoms with E-state index < -0.39 is 5.41 Å². The topological polar surface area (TPSA) is 79.9 Å². The van der Waals surface area contributed by atoms with E-state index in [-0.39, 0.29) is 11.7 Å². The van der Waals surface area contributed by atoms with Gasteiger partial charge in [-0.25, -0.2) is 0 Å². The van der Waals surface area contributed by atoms with Crippen molar-refractivity contribution in [3.63, 3.8) is 0 Å². The molecule has 0 fully saturated rings. The average Bonchev–Trinajstić information content (AvgIpc) is 2.89. The number of allylic oxidation sites excluding steroid dienone is 2. The first kappa shape index (κ1) is 24.3. The molecule has 0 bridgehead atoms. The summed E-state index contributed by atoms with van der Waals surface area (Å²) in [6.45, 7) is 5.88. The molecule has 0 aromatic heterocycles. The van der Waals surface area contributed by atoms with Crippen molar-refractivity contribution >= 4 is 23.1 Å². The van der Waals surface area contributed by atoms with Crippen molar-refractivity contribution in [1.29, 1.82) is 0 Å². The molecule has 2 aliphatic rings. The van der Waals surface area contributed by atoms with E-state index in [2.05, 4.69) is 24.7 Å². The lowest BCUT2D eigenvalue weighted by molar-refractivity contribution is -0.124. The number of carbonyl (C=O) groups is 2. The lowest BCUT2D eigenvalue weighted by Gasteiger charge is -2.29. The number of methoxy groups -OCH3 is 2. The molecule has 7 heteroatoms. The first-order chi connectivity index (χ1) is 15.4. The third-order valence-electron chi connectivity index (χ3n) is 6.32. The molecule has 0 atom stereocenters. The lowest BCUT2D eigenvalue weighted by Crippen LogP contribution is -2.43. The zero-order valence-corrected chi connectivity index (χ0v) is 19.8. The van der Waals surface area contributed by atoms with Crippen molar-refractivity contribution in [1.82, 2.24) is 5.43 Å². The van der Waals surface area contributed by atoms with Gasteiger partial charge in [0.2, 0.25) is 5.91 Å². The molecule has 0 unspecified atom stereocenters. The van der Waals surface area contributed by atoms with Gasteiger partial charge in [-0.05, 0) is 61.8 Å². The molecular weight excluding hydrogens is 406 g/mol. The number of hydrazine groups is 1. The molecule has 1 aliphatic heterocycles. The Bertz CT molecular complexity index is 842. The summed E-state index contributed by atoms with van der Waals surface area (Å²) in [5.74, 6) is 0.589. The van der Waals surface area contributed by atoms with Crippen molar-refractivity contribution in [2.24, 2.45) is 5.92 Å². The fraction of sp³-hybridized carbons (Fsp3) is 0.600. The number of amides is 1. The van der Waals surface area contributed by atoms with Crippen LogP contribution in [0.1, 0.15) is 57.9 Å². The number of nitrogens with one attached hydrogen (secondary N) is 2. The van der Waals surface area contributed by atoms with Gasteiger partial charge in [0.15, 0.2) is 5.78 Å². The molecule has 0 saturated heterocycles. The molecule has 0 radical (unpaired) electrons. The number of ketones is 1. The maximum absolute atomic E-state index is 13.8. The summed E-state index contributed by atoms with van der Waals surface area (Å²) >= 11 is 0. The van der Waals surface area contributed by atoms with Crippen LogP contribution in [0.3, 0.4) is 0 Å². The second kappa shape index (κ2) is 11.0. The quantitative estimate of drug-likeness (QED) is 0.504. The van der Waals surface area contributed by atoms with Crippen LogP contribution in [0.5, 0.6) is 0 Å². The van der Waals surface area contributed by atoms with Gasteiger partial charge in [0, 0.05) is 46.1 Å². The predicted molar refractivity (Wildman–Crippen MR) is 127 cm³/mol. The van der Waals surface area contributed by atoms with Gasteiger partial charge in [0.25, 0.3) is 0 Å². The van der Waals surface area contributed by atoms with Gasteiger partial charge < -0.3 is 19.8 Å². The van der Waals surface area contributed by atoms with Gasteiger partial charge in [-0.1, -0.05) is 19.9 Å². The third kappa shape index (κ3) is 5.15. The third-order valence-corrected chi connectivity index (χ3v) is 6.32. The number of carbonyl (C=O) groups excluding carboxylic acids is 2. The Morgan fingerprint density at radius 3 is 2.44 bits per heavy atom. The highest BCUT2D eigenvalue weighted by Crippen LogP contribution is 2.47. The molecule has 7 nitrogen and oxygen atoms in total. The van der Waals surface area contributed by atoms with Crippen LogP contribution in [0.15, 0.2) is 30.0 Å². The largest absolute Gasteiger partial charge is 0.385 e. The van der Waals surface area contributed by atoms with Crippen LogP contribution >= 0.6 is 0 Å². The number of hydrogen-bond acceptors (Lipinski definition) is 6. The first-order valence-electron chi connectivity index (χ1n) is 11.6. The number of rotatable bonds is 11. The van der Waals surface area contributed by atoms with Gasteiger partial charge >= 0.3 is 0 Å². The SMILES string of the molecule is COCCC1(CCOC)C(=O)N(CC(C)C)c2ccc(NNC3=CCCCCC3=O)cc21. The fourth-order valence-electron chi connectivity index (χ4n) is 4.61. The summed E-state index contributed by atoms with van der Waals surface area (Å²) in [6.07, 6.45) is 6.57. The molecule has 176 valence electrons. The smallest absolute Gasteiger partial charge is 0.237 e. The second-order valence-electron chi connectivity index (χ2n) is 9.15. The molecule has 1 aromatic rings. The van der Waals surface area contributed by atoms with Gasteiger partial charge in [-0.15, -0.1) is 0 Å². The average molecular weight is 444 g/mol. The van der Waals surface area contributed by atoms with E-state index >= 15 is 0 Å². The van der Waals surface area contributed by atoms with Gasteiger partial charge in [0.05, 0.1) is 16.8 Å². The Hall–Kier alpha value is -2.38. The van der Waals surface area contributed by atoms with Crippen LogP contribution < -0.4 is 15.8 Å². The molecule has 0 saturated carbocycles.